The first-order chi connectivity index (χ1) is 16.5. The highest BCUT2D eigenvalue weighted by Gasteiger charge is 2.26. The predicted molar refractivity (Wildman–Crippen MR) is 137 cm³/mol. The Morgan fingerprint density at radius 1 is 1.09 bits per heavy atom. The fraction of sp³-hybridized carbons (Fsp3) is 0.370. The van der Waals surface area contributed by atoms with E-state index in [-0.39, 0.29) is 12.5 Å². The standard InChI is InChI=1S/C27H32N4O2S/c1-4-14-31-25(18-33-24-13-9-8-12-23(24)22-10-6-5-7-11-22)28-29-27(31)34-19-26(32)30-16-20(2)15-21(3)17-30/h4-13,20-21H,1,14-19H2,2-3H3/t20-,21-/m0/s1. The minimum atomic E-state index is 0.158. The van der Waals surface area contributed by atoms with Crippen LogP contribution >= 0.6 is 11.8 Å². The van der Waals surface area contributed by atoms with Crippen LogP contribution in [0.2, 0.25) is 0 Å². The highest BCUT2D eigenvalue weighted by molar-refractivity contribution is 7.99. The van der Waals surface area contributed by atoms with Crippen LogP contribution in [0.1, 0.15) is 26.1 Å². The van der Waals surface area contributed by atoms with Gasteiger partial charge < -0.3 is 9.64 Å². The van der Waals surface area contributed by atoms with Crippen LogP contribution in [0.4, 0.5) is 0 Å². The highest BCUT2D eigenvalue weighted by Crippen LogP contribution is 2.30. The molecule has 0 saturated carbocycles. The van der Waals surface area contributed by atoms with Gasteiger partial charge in [0.25, 0.3) is 0 Å². The van der Waals surface area contributed by atoms with E-state index in [1.165, 1.54) is 18.2 Å². The summed E-state index contributed by atoms with van der Waals surface area (Å²) >= 11 is 1.43. The van der Waals surface area contributed by atoms with Crippen molar-refractivity contribution in [2.45, 2.75) is 38.6 Å². The van der Waals surface area contributed by atoms with Gasteiger partial charge in [-0.15, -0.1) is 16.8 Å². The molecular formula is C27H32N4O2S. The van der Waals surface area contributed by atoms with E-state index in [1.54, 1.807) is 0 Å². The number of para-hydroxylation sites is 1. The first-order valence-electron chi connectivity index (χ1n) is 11.8. The van der Waals surface area contributed by atoms with E-state index in [4.69, 9.17) is 4.74 Å². The molecular weight excluding hydrogens is 444 g/mol. The lowest BCUT2D eigenvalue weighted by atomic mass is 9.92. The molecule has 1 fully saturated rings. The number of allylic oxidation sites excluding steroid dienone is 1. The predicted octanol–water partition coefficient (Wildman–Crippen LogP) is 5.31. The van der Waals surface area contributed by atoms with E-state index in [9.17, 15) is 4.79 Å². The van der Waals surface area contributed by atoms with E-state index >= 15 is 0 Å². The molecule has 178 valence electrons. The summed E-state index contributed by atoms with van der Waals surface area (Å²) in [5.41, 5.74) is 2.13. The quantitative estimate of drug-likeness (QED) is 0.310. The highest BCUT2D eigenvalue weighted by atomic mass is 32.2. The van der Waals surface area contributed by atoms with Crippen molar-refractivity contribution in [2.24, 2.45) is 11.8 Å². The number of carbonyl (C=O) groups is 1. The van der Waals surface area contributed by atoms with Crippen molar-refractivity contribution in [1.82, 2.24) is 19.7 Å². The second-order valence-corrected chi connectivity index (χ2v) is 9.92. The number of carbonyl (C=O) groups excluding carboxylic acids is 1. The normalized spacial score (nSPS) is 18.0. The fourth-order valence-corrected chi connectivity index (χ4v) is 5.39. The molecule has 1 aliphatic rings. The number of aromatic nitrogens is 3. The number of ether oxygens (including phenoxy) is 1. The summed E-state index contributed by atoms with van der Waals surface area (Å²) in [5.74, 6) is 3.10. The zero-order chi connectivity index (χ0) is 23.9. The fourth-order valence-electron chi connectivity index (χ4n) is 4.52. The van der Waals surface area contributed by atoms with Crippen molar-refractivity contribution in [3.63, 3.8) is 0 Å². The largest absolute Gasteiger partial charge is 0.485 e. The van der Waals surface area contributed by atoms with Crippen LogP contribution in [-0.4, -0.2) is 44.4 Å². The molecule has 0 spiro atoms. The van der Waals surface area contributed by atoms with Crippen LogP contribution in [0.3, 0.4) is 0 Å². The number of nitrogens with zero attached hydrogens (tertiary/aromatic N) is 4. The molecule has 0 unspecified atom stereocenters. The van der Waals surface area contributed by atoms with Crippen LogP contribution in [0.15, 0.2) is 72.4 Å². The van der Waals surface area contributed by atoms with Crippen molar-refractivity contribution < 1.29 is 9.53 Å². The summed E-state index contributed by atoms with van der Waals surface area (Å²) < 4.78 is 8.15. The number of piperidine rings is 1. The summed E-state index contributed by atoms with van der Waals surface area (Å²) in [6, 6.07) is 18.2. The molecule has 2 heterocycles. The minimum Gasteiger partial charge on any atom is -0.485 e. The molecule has 1 aliphatic heterocycles. The summed E-state index contributed by atoms with van der Waals surface area (Å²) in [7, 11) is 0. The number of rotatable bonds is 9. The molecule has 0 N–H and O–H groups in total. The van der Waals surface area contributed by atoms with Gasteiger partial charge in [0, 0.05) is 25.2 Å². The first kappa shape index (κ1) is 24.1. The SMILES string of the molecule is C=CCn1c(COc2ccccc2-c2ccccc2)nnc1SCC(=O)N1C[C@@H](C)C[C@H](C)C1. The molecule has 3 aromatic rings. The molecule has 6 nitrogen and oxygen atoms in total. The maximum Gasteiger partial charge on any atom is 0.233 e. The van der Waals surface area contributed by atoms with Crippen LogP contribution in [0, 0.1) is 11.8 Å². The Labute approximate surface area is 206 Å². The summed E-state index contributed by atoms with van der Waals surface area (Å²) in [6.45, 7) is 10.8. The van der Waals surface area contributed by atoms with Crippen LogP contribution in [0.5, 0.6) is 5.75 Å². The molecule has 1 amide bonds. The van der Waals surface area contributed by atoms with Gasteiger partial charge in [-0.3, -0.25) is 9.36 Å². The van der Waals surface area contributed by atoms with Crippen LogP contribution in [0.25, 0.3) is 11.1 Å². The van der Waals surface area contributed by atoms with E-state index < -0.39 is 0 Å². The van der Waals surface area contributed by atoms with E-state index in [2.05, 4.69) is 42.8 Å². The Balaban J connectivity index is 1.43. The molecule has 4 rings (SSSR count). The number of hydrogen-bond acceptors (Lipinski definition) is 5. The third kappa shape index (κ3) is 5.89. The van der Waals surface area contributed by atoms with E-state index in [0.717, 1.165) is 30.0 Å². The second kappa shape index (κ2) is 11.4. The Morgan fingerprint density at radius 3 is 2.53 bits per heavy atom. The average molecular weight is 477 g/mol. The monoisotopic (exact) mass is 476 g/mol. The average Bonchev–Trinajstić information content (AvgIpc) is 3.23. The Morgan fingerprint density at radius 2 is 1.79 bits per heavy atom. The molecule has 0 aliphatic carbocycles. The second-order valence-electron chi connectivity index (χ2n) is 8.98. The lowest BCUT2D eigenvalue weighted by molar-refractivity contribution is -0.130. The maximum atomic E-state index is 12.8. The van der Waals surface area contributed by atoms with E-state index in [0.29, 0.717) is 35.1 Å². The van der Waals surface area contributed by atoms with Crippen molar-refractivity contribution in [3.05, 3.63) is 73.1 Å². The van der Waals surface area contributed by atoms with Crippen molar-refractivity contribution in [2.75, 3.05) is 18.8 Å². The third-order valence-corrected chi connectivity index (χ3v) is 6.93. The third-order valence-electron chi connectivity index (χ3n) is 5.98. The lowest BCUT2D eigenvalue weighted by Gasteiger charge is -2.34. The summed E-state index contributed by atoms with van der Waals surface area (Å²) in [4.78, 5) is 14.8. The molecule has 1 aromatic heterocycles. The number of benzene rings is 2. The zero-order valence-electron chi connectivity index (χ0n) is 19.9. The van der Waals surface area contributed by atoms with Gasteiger partial charge in [0.15, 0.2) is 11.0 Å². The van der Waals surface area contributed by atoms with Gasteiger partial charge >= 0.3 is 0 Å². The van der Waals surface area contributed by atoms with Crippen LogP contribution in [-0.2, 0) is 17.9 Å². The zero-order valence-corrected chi connectivity index (χ0v) is 20.7. The number of thioether (sulfide) groups is 1. The summed E-state index contributed by atoms with van der Waals surface area (Å²) in [6.07, 6.45) is 2.99. The molecule has 7 heteroatoms. The number of likely N-dealkylation sites (tertiary alicyclic amines) is 1. The van der Waals surface area contributed by atoms with Crippen molar-refractivity contribution >= 4 is 17.7 Å². The molecule has 0 bridgehead atoms. The smallest absolute Gasteiger partial charge is 0.233 e. The van der Waals surface area contributed by atoms with Gasteiger partial charge in [0.1, 0.15) is 12.4 Å². The molecule has 2 atom stereocenters. The first-order valence-corrected chi connectivity index (χ1v) is 12.7. The van der Waals surface area contributed by atoms with Gasteiger partial charge in [-0.2, -0.15) is 0 Å². The van der Waals surface area contributed by atoms with Gasteiger partial charge in [0.05, 0.1) is 5.75 Å². The minimum absolute atomic E-state index is 0.158. The topological polar surface area (TPSA) is 60.2 Å². The van der Waals surface area contributed by atoms with E-state index in [1.807, 2.05) is 58.0 Å². The Bertz CT molecular complexity index is 1100. The summed E-state index contributed by atoms with van der Waals surface area (Å²) in [5, 5.41) is 9.42. The molecule has 34 heavy (non-hydrogen) atoms. The Kier molecular flexibility index (Phi) is 8.06. The Hall–Kier alpha value is -3.06. The van der Waals surface area contributed by atoms with Crippen LogP contribution < -0.4 is 4.74 Å². The van der Waals surface area contributed by atoms with Gasteiger partial charge in [-0.1, -0.05) is 80.2 Å². The van der Waals surface area contributed by atoms with Gasteiger partial charge in [-0.05, 0) is 29.9 Å². The van der Waals surface area contributed by atoms with Crippen molar-refractivity contribution in [1.29, 1.82) is 0 Å². The number of hydrogen-bond donors (Lipinski definition) is 0. The molecule has 0 radical (unpaired) electrons. The molecule has 1 saturated heterocycles. The van der Waals surface area contributed by atoms with Crippen molar-refractivity contribution in [3.8, 4) is 16.9 Å². The molecule has 2 aromatic carbocycles. The number of amides is 1. The maximum absolute atomic E-state index is 12.8. The van der Waals surface area contributed by atoms with Gasteiger partial charge in [-0.25, -0.2) is 0 Å². The lowest BCUT2D eigenvalue weighted by Crippen LogP contribution is -2.43. The van der Waals surface area contributed by atoms with Gasteiger partial charge in [0.2, 0.25) is 5.91 Å².